The molecule has 0 aromatic rings. The molecule has 1 aliphatic rings. The van der Waals surface area contributed by atoms with Gasteiger partial charge in [-0.2, -0.15) is 8.42 Å². The maximum atomic E-state index is 10.5. The molecule has 0 atom stereocenters. The van der Waals surface area contributed by atoms with Crippen LogP contribution in [0.5, 0.6) is 0 Å². The van der Waals surface area contributed by atoms with E-state index in [1.165, 1.54) is 0 Å². The largest absolute Gasteiger partial charge is 0.462 e. The van der Waals surface area contributed by atoms with E-state index in [4.69, 9.17) is 5.14 Å². The highest BCUT2D eigenvalue weighted by Gasteiger charge is 2.09. The summed E-state index contributed by atoms with van der Waals surface area (Å²) >= 11 is 0. The molecule has 1 rings (SSSR count). The van der Waals surface area contributed by atoms with Crippen molar-refractivity contribution in [1.29, 1.82) is 0 Å². The summed E-state index contributed by atoms with van der Waals surface area (Å²) < 4.78 is 27.8. The minimum absolute atomic E-state index is 0.318. The maximum absolute atomic E-state index is 10.5. The Hall–Kier alpha value is -0.740. The molecule has 0 spiro atoms. The Morgan fingerprint density at radius 1 is 1.35 bits per heavy atom. The number of hydrogen-bond acceptors (Lipinski definition) is 6. The van der Waals surface area contributed by atoms with E-state index >= 15 is 0 Å². The third kappa shape index (κ3) is 13.7. The fraction of sp³-hybridized carbons (Fsp3) is 0.909. The monoisotopic (exact) mass is 310 g/mol. The van der Waals surface area contributed by atoms with Gasteiger partial charge in [0.25, 0.3) is 16.7 Å². The molecule has 0 aliphatic carbocycles. The molecule has 0 aromatic heterocycles. The van der Waals surface area contributed by atoms with Gasteiger partial charge in [-0.25, -0.2) is 9.86 Å². The molecular weight excluding hydrogens is 284 g/mol. The maximum Gasteiger partial charge on any atom is 0.293 e. The van der Waals surface area contributed by atoms with Gasteiger partial charge in [0, 0.05) is 39.3 Å². The molecule has 1 saturated heterocycles. The second-order valence-electron chi connectivity index (χ2n) is 5.36. The Morgan fingerprint density at radius 3 is 2.25 bits per heavy atom. The van der Waals surface area contributed by atoms with Crippen molar-refractivity contribution in [3.63, 3.8) is 0 Å². The van der Waals surface area contributed by atoms with Crippen LogP contribution in [0.1, 0.15) is 20.8 Å². The summed E-state index contributed by atoms with van der Waals surface area (Å²) in [5.74, 6) is 0. The number of piperazine rings is 1. The SMILES string of the molecule is CC(C)(C)OC=O.NS(=O)(=O)NCCN1CCNCC1. The van der Waals surface area contributed by atoms with Crippen molar-refractivity contribution in [3.8, 4) is 0 Å². The second-order valence-corrected chi connectivity index (χ2v) is 6.74. The van der Waals surface area contributed by atoms with E-state index in [2.05, 4.69) is 19.7 Å². The van der Waals surface area contributed by atoms with Gasteiger partial charge in [0.05, 0.1) is 0 Å². The molecule has 0 radical (unpaired) electrons. The van der Waals surface area contributed by atoms with E-state index in [-0.39, 0.29) is 5.60 Å². The van der Waals surface area contributed by atoms with Crippen LogP contribution < -0.4 is 15.2 Å². The van der Waals surface area contributed by atoms with Gasteiger partial charge < -0.3 is 10.1 Å². The van der Waals surface area contributed by atoms with Crippen LogP contribution in [-0.2, 0) is 19.7 Å². The zero-order valence-corrected chi connectivity index (χ0v) is 13.2. The lowest BCUT2D eigenvalue weighted by atomic mass is 10.2. The van der Waals surface area contributed by atoms with Crippen LogP contribution in [0.25, 0.3) is 0 Å². The van der Waals surface area contributed by atoms with Crippen LogP contribution in [0.3, 0.4) is 0 Å². The Morgan fingerprint density at radius 2 is 1.90 bits per heavy atom. The minimum Gasteiger partial charge on any atom is -0.462 e. The van der Waals surface area contributed by atoms with Crippen molar-refractivity contribution in [2.45, 2.75) is 26.4 Å². The molecule has 1 fully saturated rings. The number of nitrogens with one attached hydrogen (secondary N) is 2. The van der Waals surface area contributed by atoms with Crippen LogP contribution in [0, 0.1) is 0 Å². The van der Waals surface area contributed by atoms with Crippen molar-refractivity contribution in [2.24, 2.45) is 5.14 Å². The average molecular weight is 310 g/mol. The first-order valence-electron chi connectivity index (χ1n) is 6.46. The van der Waals surface area contributed by atoms with Crippen LogP contribution in [-0.4, -0.2) is 64.7 Å². The van der Waals surface area contributed by atoms with Crippen LogP contribution in [0.15, 0.2) is 0 Å². The van der Waals surface area contributed by atoms with Crippen molar-refractivity contribution in [1.82, 2.24) is 14.9 Å². The molecule has 0 bridgehead atoms. The molecule has 1 aliphatic heterocycles. The van der Waals surface area contributed by atoms with Gasteiger partial charge in [-0.15, -0.1) is 0 Å². The van der Waals surface area contributed by atoms with Crippen molar-refractivity contribution < 1.29 is 17.9 Å². The standard InChI is InChI=1S/C6H16N4O2S.C5H10O2/c7-13(11,12)9-3-6-10-4-1-8-2-5-10;1-5(2,3)7-4-6/h8-9H,1-6H2,(H2,7,11,12);4H,1-3H3. The summed E-state index contributed by atoms with van der Waals surface area (Å²) in [6.45, 7) is 10.9. The smallest absolute Gasteiger partial charge is 0.293 e. The summed E-state index contributed by atoms with van der Waals surface area (Å²) in [5.41, 5.74) is -0.318. The Bertz CT molecular complexity index is 361. The number of rotatable bonds is 5. The normalized spacial score (nSPS) is 17.0. The number of ether oxygens (including phenoxy) is 1. The third-order valence-corrected chi connectivity index (χ3v) is 2.95. The van der Waals surface area contributed by atoms with Crippen molar-refractivity contribution in [3.05, 3.63) is 0 Å². The molecule has 0 saturated carbocycles. The zero-order valence-electron chi connectivity index (χ0n) is 12.4. The van der Waals surface area contributed by atoms with E-state index in [0.717, 1.165) is 32.7 Å². The van der Waals surface area contributed by atoms with Gasteiger partial charge in [0.15, 0.2) is 0 Å². The summed E-state index contributed by atoms with van der Waals surface area (Å²) in [5, 5.41) is 8.00. The fourth-order valence-electron chi connectivity index (χ4n) is 1.43. The van der Waals surface area contributed by atoms with E-state index in [0.29, 0.717) is 13.0 Å². The molecule has 0 amide bonds. The predicted molar refractivity (Wildman–Crippen MR) is 77.3 cm³/mol. The second kappa shape index (κ2) is 9.24. The van der Waals surface area contributed by atoms with Gasteiger partial charge in [-0.1, -0.05) is 0 Å². The van der Waals surface area contributed by atoms with Gasteiger partial charge in [-0.3, -0.25) is 9.69 Å². The molecular formula is C11H26N4O4S. The lowest BCUT2D eigenvalue weighted by molar-refractivity contribution is -0.138. The molecule has 20 heavy (non-hydrogen) atoms. The van der Waals surface area contributed by atoms with E-state index in [9.17, 15) is 13.2 Å². The number of nitrogens with two attached hydrogens (primary N) is 1. The van der Waals surface area contributed by atoms with E-state index in [1.54, 1.807) is 0 Å². The van der Waals surface area contributed by atoms with Gasteiger partial charge in [-0.05, 0) is 20.8 Å². The lowest BCUT2D eigenvalue weighted by Crippen LogP contribution is -2.46. The number of carbonyl (C=O) groups is 1. The number of nitrogens with zero attached hydrogens (tertiary/aromatic N) is 1. The summed E-state index contributed by atoms with van der Waals surface area (Å²) in [6, 6.07) is 0. The number of hydrogen-bond donors (Lipinski definition) is 3. The van der Waals surface area contributed by atoms with Crippen LogP contribution in [0.2, 0.25) is 0 Å². The molecule has 4 N–H and O–H groups in total. The zero-order chi connectivity index (χ0) is 15.6. The Labute approximate surface area is 121 Å². The van der Waals surface area contributed by atoms with Gasteiger partial charge in [0.1, 0.15) is 5.60 Å². The summed E-state index contributed by atoms with van der Waals surface area (Å²) in [4.78, 5) is 11.8. The molecule has 120 valence electrons. The Kier molecular flexibility index (Phi) is 8.90. The van der Waals surface area contributed by atoms with Crippen molar-refractivity contribution in [2.75, 3.05) is 39.3 Å². The van der Waals surface area contributed by atoms with Crippen molar-refractivity contribution >= 4 is 16.7 Å². The first-order chi connectivity index (χ1) is 9.14. The molecule has 1 heterocycles. The van der Waals surface area contributed by atoms with E-state index < -0.39 is 10.2 Å². The average Bonchev–Trinajstić information content (AvgIpc) is 2.28. The quantitative estimate of drug-likeness (QED) is 0.541. The predicted octanol–water partition coefficient (Wildman–Crippen LogP) is -1.36. The summed E-state index contributed by atoms with van der Waals surface area (Å²) in [7, 11) is -3.52. The molecule has 0 aromatic carbocycles. The molecule has 9 heteroatoms. The highest BCUT2D eigenvalue weighted by atomic mass is 32.2. The highest BCUT2D eigenvalue weighted by molar-refractivity contribution is 7.87. The van der Waals surface area contributed by atoms with Gasteiger partial charge in [0.2, 0.25) is 0 Å². The number of carbonyl (C=O) groups excluding carboxylic acids is 1. The van der Waals surface area contributed by atoms with E-state index in [1.807, 2.05) is 20.8 Å². The first kappa shape index (κ1) is 19.3. The highest BCUT2D eigenvalue weighted by Crippen LogP contribution is 2.02. The molecule has 8 nitrogen and oxygen atoms in total. The fourth-order valence-corrected chi connectivity index (χ4v) is 1.80. The Balaban J connectivity index is 0.000000441. The van der Waals surface area contributed by atoms with Gasteiger partial charge >= 0.3 is 0 Å². The minimum atomic E-state index is -3.52. The topological polar surface area (TPSA) is 114 Å². The third-order valence-electron chi connectivity index (χ3n) is 2.34. The molecule has 0 unspecified atom stereocenters. The summed E-state index contributed by atoms with van der Waals surface area (Å²) in [6.07, 6.45) is 0. The van der Waals surface area contributed by atoms with Crippen LogP contribution >= 0.6 is 0 Å². The van der Waals surface area contributed by atoms with Crippen LogP contribution in [0.4, 0.5) is 0 Å². The lowest BCUT2D eigenvalue weighted by Gasteiger charge is -2.26. The first-order valence-corrected chi connectivity index (χ1v) is 8.00.